The van der Waals surface area contributed by atoms with E-state index in [1.807, 2.05) is 0 Å². The number of carbonyl (C=O) groups excluding carboxylic acids is 4. The van der Waals surface area contributed by atoms with Gasteiger partial charge in [-0.05, 0) is 24.6 Å². The molecule has 1 aliphatic carbocycles. The molecule has 2 amide bonds. The standard InChI is InChI=1S/C33H44N2O5/c1-2-3-4-5-6-7-8-9-10-11-12-13-14-15-20-30(36)34-35-31(37)24-40-25-21-22-28-29(23-25)33(39)27-19-17-16-18-26(27)32(28)38/h16-19,21-23H,2-15,20,24H2,1H3,(H,34,36)(H,35,37). The second-order valence-corrected chi connectivity index (χ2v) is 10.6. The highest BCUT2D eigenvalue weighted by Gasteiger charge is 2.29. The summed E-state index contributed by atoms with van der Waals surface area (Å²) in [5.74, 6) is -0.918. The van der Waals surface area contributed by atoms with Crippen molar-refractivity contribution in [2.24, 2.45) is 0 Å². The molecule has 7 nitrogen and oxygen atoms in total. The zero-order valence-corrected chi connectivity index (χ0v) is 23.9. The topological polar surface area (TPSA) is 102 Å². The Labute approximate surface area is 238 Å². The zero-order valence-electron chi connectivity index (χ0n) is 23.9. The maximum Gasteiger partial charge on any atom is 0.276 e. The second kappa shape index (κ2) is 17.3. The number of nitrogens with one attached hydrogen (secondary N) is 2. The molecule has 2 N–H and O–H groups in total. The minimum atomic E-state index is -0.514. The van der Waals surface area contributed by atoms with Crippen molar-refractivity contribution in [1.82, 2.24) is 10.9 Å². The third-order valence-electron chi connectivity index (χ3n) is 7.37. The fraction of sp³-hybridized carbons (Fsp3) is 0.515. The summed E-state index contributed by atoms with van der Waals surface area (Å²) in [5.41, 5.74) is 6.09. The Morgan fingerprint density at radius 2 is 1.07 bits per heavy atom. The van der Waals surface area contributed by atoms with E-state index in [2.05, 4.69) is 17.8 Å². The molecule has 0 bridgehead atoms. The molecule has 1 aliphatic rings. The van der Waals surface area contributed by atoms with Crippen molar-refractivity contribution in [2.75, 3.05) is 6.61 Å². The molecule has 0 radical (unpaired) electrons. The number of fused-ring (bicyclic) bond motifs is 2. The number of hydrogen-bond acceptors (Lipinski definition) is 5. The molecule has 0 fully saturated rings. The summed E-state index contributed by atoms with van der Waals surface area (Å²) in [4.78, 5) is 49.7. The molecule has 0 heterocycles. The second-order valence-electron chi connectivity index (χ2n) is 10.6. The maximum atomic E-state index is 12.8. The van der Waals surface area contributed by atoms with Crippen LogP contribution < -0.4 is 15.6 Å². The van der Waals surface area contributed by atoms with Gasteiger partial charge in [-0.25, -0.2) is 0 Å². The van der Waals surface area contributed by atoms with Crippen LogP contribution in [0.1, 0.15) is 135 Å². The summed E-state index contributed by atoms with van der Waals surface area (Å²) in [7, 11) is 0. The van der Waals surface area contributed by atoms with Gasteiger partial charge < -0.3 is 4.74 Å². The summed E-state index contributed by atoms with van der Waals surface area (Å²) in [5, 5.41) is 0. The number of ketones is 2. The van der Waals surface area contributed by atoms with Crippen LogP contribution in [-0.4, -0.2) is 30.0 Å². The van der Waals surface area contributed by atoms with Crippen molar-refractivity contribution in [3.63, 3.8) is 0 Å². The Kier molecular flexibility index (Phi) is 13.4. The van der Waals surface area contributed by atoms with Crippen molar-refractivity contribution < 1.29 is 23.9 Å². The normalized spacial score (nSPS) is 12.0. The monoisotopic (exact) mass is 548 g/mol. The lowest BCUT2D eigenvalue weighted by molar-refractivity contribution is -0.130. The SMILES string of the molecule is CCCCCCCCCCCCCCCCC(=O)NNC(=O)COc1ccc2c(c1)C(=O)c1ccccc1C2=O. The number of ether oxygens (including phenoxy) is 1. The summed E-state index contributed by atoms with van der Waals surface area (Å²) in [6, 6.07) is 11.3. The van der Waals surface area contributed by atoms with Crippen molar-refractivity contribution in [1.29, 1.82) is 0 Å². The van der Waals surface area contributed by atoms with Gasteiger partial charge in [-0.3, -0.25) is 30.0 Å². The number of hydrogen-bond donors (Lipinski definition) is 2. The van der Waals surface area contributed by atoms with Gasteiger partial charge in [-0.1, -0.05) is 115 Å². The van der Waals surface area contributed by atoms with Crippen LogP contribution in [0.3, 0.4) is 0 Å². The van der Waals surface area contributed by atoms with Gasteiger partial charge in [-0.2, -0.15) is 0 Å². The van der Waals surface area contributed by atoms with E-state index >= 15 is 0 Å². The Balaban J connectivity index is 1.22. The first kappa shape index (κ1) is 31.1. The highest BCUT2D eigenvalue weighted by atomic mass is 16.5. The van der Waals surface area contributed by atoms with E-state index in [9.17, 15) is 19.2 Å². The molecule has 0 saturated carbocycles. The van der Waals surface area contributed by atoms with Crippen LogP contribution >= 0.6 is 0 Å². The smallest absolute Gasteiger partial charge is 0.276 e. The zero-order chi connectivity index (χ0) is 28.6. The van der Waals surface area contributed by atoms with Gasteiger partial charge in [0.2, 0.25) is 5.91 Å². The quantitative estimate of drug-likeness (QED) is 0.134. The third-order valence-corrected chi connectivity index (χ3v) is 7.37. The molecule has 7 heteroatoms. The minimum absolute atomic E-state index is 0.212. The van der Waals surface area contributed by atoms with Crippen LogP contribution in [0.25, 0.3) is 0 Å². The lowest BCUT2D eigenvalue weighted by Gasteiger charge is -2.18. The molecular formula is C33H44N2O5. The molecule has 0 atom stereocenters. The Morgan fingerprint density at radius 3 is 1.65 bits per heavy atom. The van der Waals surface area contributed by atoms with Crippen LogP contribution in [0.5, 0.6) is 5.75 Å². The molecule has 2 aromatic carbocycles. The molecule has 40 heavy (non-hydrogen) atoms. The fourth-order valence-corrected chi connectivity index (χ4v) is 5.04. The van der Waals surface area contributed by atoms with E-state index in [1.165, 1.54) is 82.8 Å². The van der Waals surface area contributed by atoms with Crippen LogP contribution in [0.2, 0.25) is 0 Å². The predicted octanol–water partition coefficient (Wildman–Crippen LogP) is 6.86. The van der Waals surface area contributed by atoms with Gasteiger partial charge in [0.05, 0.1) is 0 Å². The molecule has 0 unspecified atom stereocenters. The molecule has 2 aromatic rings. The van der Waals surface area contributed by atoms with Crippen molar-refractivity contribution in [3.8, 4) is 5.75 Å². The fourth-order valence-electron chi connectivity index (χ4n) is 5.04. The van der Waals surface area contributed by atoms with E-state index in [1.54, 1.807) is 30.3 Å². The first-order valence-electron chi connectivity index (χ1n) is 15.0. The minimum Gasteiger partial charge on any atom is -0.484 e. The number of amides is 2. The largest absolute Gasteiger partial charge is 0.484 e. The van der Waals surface area contributed by atoms with Crippen LogP contribution in [0.15, 0.2) is 42.5 Å². The van der Waals surface area contributed by atoms with Gasteiger partial charge in [0, 0.05) is 28.7 Å². The average molecular weight is 549 g/mol. The first-order valence-corrected chi connectivity index (χ1v) is 15.0. The average Bonchev–Trinajstić information content (AvgIpc) is 2.97. The van der Waals surface area contributed by atoms with Crippen LogP contribution in [-0.2, 0) is 9.59 Å². The van der Waals surface area contributed by atoms with Crippen molar-refractivity contribution >= 4 is 23.4 Å². The third kappa shape index (κ3) is 9.92. The summed E-state index contributed by atoms with van der Waals surface area (Å²) < 4.78 is 5.50. The number of rotatable bonds is 18. The molecule has 0 spiro atoms. The lowest BCUT2D eigenvalue weighted by atomic mass is 9.84. The van der Waals surface area contributed by atoms with Gasteiger partial charge in [-0.15, -0.1) is 0 Å². The van der Waals surface area contributed by atoms with E-state index in [4.69, 9.17) is 4.74 Å². The van der Waals surface area contributed by atoms with E-state index < -0.39 is 5.91 Å². The van der Waals surface area contributed by atoms with Gasteiger partial charge >= 0.3 is 0 Å². The highest BCUT2D eigenvalue weighted by Crippen LogP contribution is 2.29. The Hall–Kier alpha value is -3.48. The number of unbranched alkanes of at least 4 members (excludes halogenated alkanes) is 13. The summed E-state index contributed by atoms with van der Waals surface area (Å²) in [6.45, 7) is 1.92. The number of benzene rings is 2. The van der Waals surface area contributed by atoms with Gasteiger partial charge in [0.15, 0.2) is 18.2 Å². The Bertz CT molecular complexity index is 1140. The van der Waals surface area contributed by atoms with Crippen molar-refractivity contribution in [2.45, 2.75) is 103 Å². The summed E-state index contributed by atoms with van der Waals surface area (Å²) in [6.07, 6.45) is 17.9. The summed E-state index contributed by atoms with van der Waals surface area (Å²) >= 11 is 0. The van der Waals surface area contributed by atoms with Crippen LogP contribution in [0, 0.1) is 0 Å². The predicted molar refractivity (Wildman–Crippen MR) is 156 cm³/mol. The van der Waals surface area contributed by atoms with Gasteiger partial charge in [0.25, 0.3) is 5.91 Å². The molecule has 0 aromatic heterocycles. The lowest BCUT2D eigenvalue weighted by Crippen LogP contribution is -2.43. The van der Waals surface area contributed by atoms with Gasteiger partial charge in [0.1, 0.15) is 5.75 Å². The number of hydrazine groups is 1. The Morgan fingerprint density at radius 1 is 0.600 bits per heavy atom. The maximum absolute atomic E-state index is 12.8. The number of carbonyl (C=O) groups is 4. The van der Waals surface area contributed by atoms with E-state index in [-0.39, 0.29) is 29.6 Å². The molecule has 3 rings (SSSR count). The highest BCUT2D eigenvalue weighted by molar-refractivity contribution is 6.28. The van der Waals surface area contributed by atoms with E-state index in [0.717, 1.165) is 19.3 Å². The molecule has 0 saturated heterocycles. The molecule has 216 valence electrons. The van der Waals surface area contributed by atoms with E-state index in [0.29, 0.717) is 28.9 Å². The molecular weight excluding hydrogens is 504 g/mol. The first-order chi connectivity index (χ1) is 19.5. The van der Waals surface area contributed by atoms with Crippen molar-refractivity contribution in [3.05, 3.63) is 64.7 Å². The van der Waals surface area contributed by atoms with Crippen LogP contribution in [0.4, 0.5) is 0 Å². The molecule has 0 aliphatic heterocycles.